The van der Waals surface area contributed by atoms with Gasteiger partial charge in [-0.05, 0) is 18.2 Å². The van der Waals surface area contributed by atoms with Gasteiger partial charge in [-0.3, -0.25) is 14.9 Å². The maximum absolute atomic E-state index is 12.3. The first kappa shape index (κ1) is 15.3. The lowest BCUT2D eigenvalue weighted by Crippen LogP contribution is -2.16. The molecular formula is C16H12N4O4. The Morgan fingerprint density at radius 3 is 2.62 bits per heavy atom. The Bertz CT molecular complexity index is 1040. The Morgan fingerprint density at radius 1 is 1.12 bits per heavy atom. The third kappa shape index (κ3) is 2.60. The van der Waals surface area contributed by atoms with Gasteiger partial charge in [-0.2, -0.15) is 0 Å². The van der Waals surface area contributed by atoms with Gasteiger partial charge in [-0.15, -0.1) is 10.2 Å². The number of nitrogens with zero attached hydrogens (tertiary/aromatic N) is 4. The first-order valence-electron chi connectivity index (χ1n) is 6.96. The smallest absolute Gasteiger partial charge is 0.282 e. The third-order valence-electron chi connectivity index (χ3n) is 3.56. The van der Waals surface area contributed by atoms with Crippen molar-refractivity contribution in [2.45, 2.75) is 0 Å². The molecule has 3 rings (SSSR count). The number of azo groups is 1. The van der Waals surface area contributed by atoms with Gasteiger partial charge in [0.2, 0.25) is 0 Å². The summed E-state index contributed by atoms with van der Waals surface area (Å²) in [4.78, 5) is 22.6. The molecular weight excluding hydrogens is 312 g/mol. The van der Waals surface area contributed by atoms with Gasteiger partial charge in [-0.25, -0.2) is 0 Å². The van der Waals surface area contributed by atoms with E-state index in [4.69, 9.17) is 0 Å². The van der Waals surface area contributed by atoms with Crippen molar-refractivity contribution in [3.8, 4) is 5.75 Å². The molecule has 3 aromatic rings. The summed E-state index contributed by atoms with van der Waals surface area (Å²) in [5.41, 5.74) is -0.0988. The van der Waals surface area contributed by atoms with Gasteiger partial charge in [-0.1, -0.05) is 18.2 Å². The largest absolute Gasteiger partial charge is 0.505 e. The number of non-ortho nitro benzene ring substituents is 1. The molecule has 2 aromatic carbocycles. The van der Waals surface area contributed by atoms with Crippen molar-refractivity contribution >= 4 is 28.0 Å². The summed E-state index contributed by atoms with van der Waals surface area (Å²) in [6.07, 6.45) is 0. The van der Waals surface area contributed by atoms with Gasteiger partial charge in [0, 0.05) is 24.6 Å². The second-order valence-corrected chi connectivity index (χ2v) is 5.06. The molecule has 120 valence electrons. The zero-order chi connectivity index (χ0) is 17.3. The number of fused-ring (bicyclic) bond motifs is 1. The van der Waals surface area contributed by atoms with E-state index in [0.717, 1.165) is 0 Å². The van der Waals surface area contributed by atoms with Gasteiger partial charge in [0.25, 0.3) is 11.2 Å². The maximum atomic E-state index is 12.3. The van der Waals surface area contributed by atoms with Gasteiger partial charge in [0.05, 0.1) is 16.1 Å². The van der Waals surface area contributed by atoms with E-state index in [1.165, 1.54) is 28.8 Å². The van der Waals surface area contributed by atoms with Crippen molar-refractivity contribution < 1.29 is 10.0 Å². The molecule has 1 aromatic heterocycles. The summed E-state index contributed by atoms with van der Waals surface area (Å²) in [6, 6.07) is 12.4. The highest BCUT2D eigenvalue weighted by atomic mass is 16.6. The molecule has 24 heavy (non-hydrogen) atoms. The Balaban J connectivity index is 2.12. The number of aromatic hydroxyl groups is 1. The van der Waals surface area contributed by atoms with Gasteiger partial charge in [0.15, 0.2) is 11.4 Å². The number of para-hydroxylation sites is 1. The lowest BCUT2D eigenvalue weighted by atomic mass is 10.2. The number of benzene rings is 2. The van der Waals surface area contributed by atoms with E-state index in [1.807, 2.05) is 0 Å². The normalized spacial score (nSPS) is 11.2. The number of aromatic nitrogens is 1. The summed E-state index contributed by atoms with van der Waals surface area (Å²) in [6.45, 7) is 0. The standard InChI is InChI=1S/C16H12N4O4/c1-19-13-8-3-2-7-12(13)15(21)14(16(19)22)18-17-10-5-4-6-11(9-10)20(23)24/h2-9,21H,1H3/b18-17+. The van der Waals surface area contributed by atoms with Crippen molar-refractivity contribution in [2.75, 3.05) is 0 Å². The van der Waals surface area contributed by atoms with Gasteiger partial charge in [0.1, 0.15) is 0 Å². The Hall–Kier alpha value is -3.55. The van der Waals surface area contributed by atoms with Crippen LogP contribution in [0.1, 0.15) is 0 Å². The molecule has 0 bridgehead atoms. The minimum absolute atomic E-state index is 0.137. The number of nitro groups is 1. The summed E-state index contributed by atoms with van der Waals surface area (Å²) < 4.78 is 1.36. The van der Waals surface area contributed by atoms with Crippen LogP contribution in [0, 0.1) is 10.1 Å². The average Bonchev–Trinajstić information content (AvgIpc) is 2.60. The number of hydrogen-bond acceptors (Lipinski definition) is 6. The van der Waals surface area contributed by atoms with E-state index in [9.17, 15) is 20.0 Å². The third-order valence-corrected chi connectivity index (χ3v) is 3.56. The van der Waals surface area contributed by atoms with E-state index in [0.29, 0.717) is 10.9 Å². The molecule has 8 nitrogen and oxygen atoms in total. The predicted octanol–water partition coefficient (Wildman–Crippen LogP) is 3.57. The Kier molecular flexibility index (Phi) is 3.78. The topological polar surface area (TPSA) is 110 Å². The van der Waals surface area contributed by atoms with Crippen molar-refractivity contribution in [3.63, 3.8) is 0 Å². The quantitative estimate of drug-likeness (QED) is 0.451. The molecule has 0 aliphatic rings. The zero-order valence-corrected chi connectivity index (χ0v) is 12.6. The number of nitro benzene ring substituents is 1. The van der Waals surface area contributed by atoms with E-state index in [2.05, 4.69) is 10.2 Å². The number of aryl methyl sites for hydroxylation is 1. The summed E-state index contributed by atoms with van der Waals surface area (Å²) >= 11 is 0. The lowest BCUT2D eigenvalue weighted by molar-refractivity contribution is -0.384. The van der Waals surface area contributed by atoms with Gasteiger partial charge >= 0.3 is 0 Å². The number of pyridine rings is 1. The van der Waals surface area contributed by atoms with Crippen LogP contribution < -0.4 is 5.56 Å². The fourth-order valence-corrected chi connectivity index (χ4v) is 2.33. The molecule has 0 unspecified atom stereocenters. The van der Waals surface area contributed by atoms with Crippen molar-refractivity contribution in [1.82, 2.24) is 4.57 Å². The van der Waals surface area contributed by atoms with Crippen LogP contribution in [-0.2, 0) is 7.05 Å². The predicted molar refractivity (Wildman–Crippen MR) is 88.1 cm³/mol. The van der Waals surface area contributed by atoms with Crippen molar-refractivity contribution in [1.29, 1.82) is 0 Å². The minimum Gasteiger partial charge on any atom is -0.505 e. The fraction of sp³-hybridized carbons (Fsp3) is 0.0625. The maximum Gasteiger partial charge on any atom is 0.282 e. The molecule has 0 fully saturated rings. The van der Waals surface area contributed by atoms with E-state index in [-0.39, 0.29) is 22.8 Å². The Labute approximate surface area is 135 Å². The molecule has 0 amide bonds. The molecule has 1 N–H and O–H groups in total. The molecule has 0 aliphatic carbocycles. The SMILES string of the molecule is Cn1c(=O)c(/N=N/c2cccc([N+](=O)[O-])c2)c(O)c2ccccc21. The van der Waals surface area contributed by atoms with Crippen LogP contribution in [0.2, 0.25) is 0 Å². The summed E-state index contributed by atoms with van der Waals surface area (Å²) in [5, 5.41) is 29.2. The van der Waals surface area contributed by atoms with Gasteiger partial charge < -0.3 is 9.67 Å². The van der Waals surface area contributed by atoms with Crippen LogP contribution >= 0.6 is 0 Å². The zero-order valence-electron chi connectivity index (χ0n) is 12.6. The second-order valence-electron chi connectivity index (χ2n) is 5.06. The molecule has 0 radical (unpaired) electrons. The van der Waals surface area contributed by atoms with E-state index in [1.54, 1.807) is 31.3 Å². The van der Waals surface area contributed by atoms with Crippen LogP contribution in [0.25, 0.3) is 10.9 Å². The molecule has 1 heterocycles. The Morgan fingerprint density at radius 2 is 1.88 bits per heavy atom. The minimum atomic E-state index is -0.550. The average molecular weight is 324 g/mol. The lowest BCUT2D eigenvalue weighted by Gasteiger charge is -2.08. The van der Waals surface area contributed by atoms with Crippen LogP contribution in [0.3, 0.4) is 0 Å². The molecule has 0 spiro atoms. The van der Waals surface area contributed by atoms with E-state index >= 15 is 0 Å². The summed E-state index contributed by atoms with van der Waals surface area (Å²) in [5.74, 6) is -0.275. The molecule has 0 saturated heterocycles. The molecule has 0 aliphatic heterocycles. The first-order valence-corrected chi connectivity index (χ1v) is 6.96. The van der Waals surface area contributed by atoms with Crippen LogP contribution in [0.4, 0.5) is 17.1 Å². The molecule has 0 saturated carbocycles. The monoisotopic (exact) mass is 324 g/mol. The highest BCUT2D eigenvalue weighted by Crippen LogP contribution is 2.32. The highest BCUT2D eigenvalue weighted by Gasteiger charge is 2.14. The second kappa shape index (κ2) is 5.92. The molecule has 8 heteroatoms. The van der Waals surface area contributed by atoms with Crippen LogP contribution in [0.15, 0.2) is 63.6 Å². The van der Waals surface area contributed by atoms with Crippen LogP contribution in [0.5, 0.6) is 5.75 Å². The van der Waals surface area contributed by atoms with Crippen molar-refractivity contribution in [2.24, 2.45) is 17.3 Å². The summed E-state index contributed by atoms with van der Waals surface area (Å²) in [7, 11) is 1.57. The molecule has 0 atom stereocenters. The van der Waals surface area contributed by atoms with Crippen LogP contribution in [-0.4, -0.2) is 14.6 Å². The highest BCUT2D eigenvalue weighted by molar-refractivity contribution is 5.89. The fourth-order valence-electron chi connectivity index (χ4n) is 2.33. The van der Waals surface area contributed by atoms with E-state index < -0.39 is 10.5 Å². The number of rotatable bonds is 3. The number of hydrogen-bond donors (Lipinski definition) is 1. The first-order chi connectivity index (χ1) is 11.5. The van der Waals surface area contributed by atoms with Crippen molar-refractivity contribution in [3.05, 3.63) is 69.0 Å².